The van der Waals surface area contributed by atoms with Crippen LogP contribution in [0.15, 0.2) is 24.3 Å². The Balaban J connectivity index is 2.93. The molecule has 1 aromatic carbocycles. The van der Waals surface area contributed by atoms with Gasteiger partial charge in [-0.2, -0.15) is 0 Å². The minimum atomic E-state index is -0.271. The summed E-state index contributed by atoms with van der Waals surface area (Å²) in [5.74, 6) is -0.341. The summed E-state index contributed by atoms with van der Waals surface area (Å²) in [7, 11) is 1.38. The fraction of sp³-hybridized carbons (Fsp3) is 0.417. The van der Waals surface area contributed by atoms with Gasteiger partial charge in [0.25, 0.3) is 0 Å². The molecule has 0 spiro atoms. The molecule has 0 aliphatic carbocycles. The molecule has 0 fully saturated rings. The number of ether oxygens (including phenoxy) is 1. The van der Waals surface area contributed by atoms with Crippen LogP contribution in [0.3, 0.4) is 0 Å². The van der Waals surface area contributed by atoms with Crippen molar-refractivity contribution in [1.82, 2.24) is 0 Å². The highest BCUT2D eigenvalue weighted by Gasteiger charge is 2.20. The molecule has 0 saturated heterocycles. The summed E-state index contributed by atoms with van der Waals surface area (Å²) in [5.41, 5.74) is 0.809. The maximum atomic E-state index is 11.5. The zero-order chi connectivity index (χ0) is 11.3. The summed E-state index contributed by atoms with van der Waals surface area (Å²) >= 11 is 0. The van der Waals surface area contributed by atoms with E-state index in [0.29, 0.717) is 0 Å². The van der Waals surface area contributed by atoms with E-state index < -0.39 is 0 Å². The minimum absolute atomic E-state index is 0.178. The highest BCUT2D eigenvalue weighted by Crippen LogP contribution is 2.25. The number of esters is 1. The molecule has 82 valence electrons. The molecule has 1 unspecified atom stereocenters. The highest BCUT2D eigenvalue weighted by molar-refractivity contribution is 5.78. The maximum Gasteiger partial charge on any atom is 0.313 e. The molecule has 0 aliphatic heterocycles. The van der Waals surface area contributed by atoms with Crippen LogP contribution in [0.2, 0.25) is 0 Å². The smallest absolute Gasteiger partial charge is 0.313 e. The van der Waals surface area contributed by atoms with Gasteiger partial charge in [0.15, 0.2) is 0 Å². The summed E-state index contributed by atoms with van der Waals surface area (Å²) in [4.78, 5) is 11.5. The van der Waals surface area contributed by atoms with Crippen LogP contribution in [0.1, 0.15) is 31.2 Å². The molecule has 0 aliphatic rings. The van der Waals surface area contributed by atoms with Gasteiger partial charge in [-0.15, -0.1) is 0 Å². The number of rotatable bonds is 4. The van der Waals surface area contributed by atoms with E-state index in [1.807, 2.05) is 13.0 Å². The Hall–Kier alpha value is -1.51. The Labute approximate surface area is 89.7 Å². The van der Waals surface area contributed by atoms with Crippen molar-refractivity contribution in [3.63, 3.8) is 0 Å². The third-order valence-electron chi connectivity index (χ3n) is 2.34. The summed E-state index contributed by atoms with van der Waals surface area (Å²) in [5, 5.41) is 9.33. The number of carbonyl (C=O) groups is 1. The quantitative estimate of drug-likeness (QED) is 0.773. The summed E-state index contributed by atoms with van der Waals surface area (Å²) in [6, 6.07) is 6.76. The normalized spacial score (nSPS) is 12.1. The van der Waals surface area contributed by atoms with Gasteiger partial charge in [-0.05, 0) is 24.1 Å². The van der Waals surface area contributed by atoms with Gasteiger partial charge >= 0.3 is 5.97 Å². The predicted molar refractivity (Wildman–Crippen MR) is 57.8 cm³/mol. The molecule has 0 saturated carbocycles. The second-order valence-electron chi connectivity index (χ2n) is 3.46. The molecule has 0 bridgehead atoms. The molecular formula is C12H16O3. The zero-order valence-corrected chi connectivity index (χ0v) is 9.06. The van der Waals surface area contributed by atoms with E-state index in [1.165, 1.54) is 7.11 Å². The molecular weight excluding hydrogens is 192 g/mol. The van der Waals surface area contributed by atoms with Crippen LogP contribution in [0, 0.1) is 0 Å². The third kappa shape index (κ3) is 2.98. The molecule has 0 amide bonds. The highest BCUT2D eigenvalue weighted by atomic mass is 16.5. The van der Waals surface area contributed by atoms with Gasteiger partial charge in [0.1, 0.15) is 5.75 Å². The van der Waals surface area contributed by atoms with Crippen molar-refractivity contribution in [3.8, 4) is 5.75 Å². The lowest BCUT2D eigenvalue weighted by atomic mass is 9.94. The van der Waals surface area contributed by atoms with E-state index in [-0.39, 0.29) is 17.6 Å². The minimum Gasteiger partial charge on any atom is -0.508 e. The number of aromatic hydroxyl groups is 1. The van der Waals surface area contributed by atoms with Crippen molar-refractivity contribution in [2.45, 2.75) is 25.7 Å². The Kier molecular flexibility index (Phi) is 4.16. The van der Waals surface area contributed by atoms with Gasteiger partial charge < -0.3 is 9.84 Å². The number of benzene rings is 1. The number of carbonyl (C=O) groups excluding carboxylic acids is 1. The maximum absolute atomic E-state index is 11.5. The van der Waals surface area contributed by atoms with E-state index in [1.54, 1.807) is 18.2 Å². The second-order valence-corrected chi connectivity index (χ2v) is 3.46. The average molecular weight is 208 g/mol. The summed E-state index contributed by atoms with van der Waals surface area (Å²) in [6.45, 7) is 2.01. The largest absolute Gasteiger partial charge is 0.508 e. The monoisotopic (exact) mass is 208 g/mol. The Bertz CT molecular complexity index is 333. The van der Waals surface area contributed by atoms with Crippen molar-refractivity contribution in [2.24, 2.45) is 0 Å². The van der Waals surface area contributed by atoms with Crippen LogP contribution in [-0.2, 0) is 9.53 Å². The third-order valence-corrected chi connectivity index (χ3v) is 2.34. The lowest BCUT2D eigenvalue weighted by Crippen LogP contribution is -2.13. The molecule has 0 heterocycles. The number of hydrogen-bond acceptors (Lipinski definition) is 3. The van der Waals surface area contributed by atoms with E-state index in [4.69, 9.17) is 4.74 Å². The number of phenols is 1. The van der Waals surface area contributed by atoms with Gasteiger partial charge in [-0.1, -0.05) is 25.5 Å². The first kappa shape index (κ1) is 11.6. The molecule has 3 heteroatoms. The molecule has 0 radical (unpaired) electrons. The SMILES string of the molecule is CCCC(C(=O)OC)c1cccc(O)c1. The number of hydrogen-bond donors (Lipinski definition) is 1. The summed E-state index contributed by atoms with van der Waals surface area (Å²) in [6.07, 6.45) is 1.63. The van der Waals surface area contributed by atoms with Gasteiger partial charge in [0, 0.05) is 0 Å². The lowest BCUT2D eigenvalue weighted by Gasteiger charge is -2.13. The van der Waals surface area contributed by atoms with Gasteiger partial charge in [-0.25, -0.2) is 0 Å². The molecule has 1 atom stereocenters. The predicted octanol–water partition coefficient (Wildman–Crippen LogP) is 2.45. The number of phenolic OH excluding ortho intramolecular Hbond substituents is 1. The van der Waals surface area contributed by atoms with Crippen molar-refractivity contribution >= 4 is 5.97 Å². The van der Waals surface area contributed by atoms with Crippen LogP contribution in [0.5, 0.6) is 5.75 Å². The van der Waals surface area contributed by atoms with Crippen LogP contribution < -0.4 is 0 Å². The first-order chi connectivity index (χ1) is 7.19. The molecule has 0 aromatic heterocycles. The van der Waals surface area contributed by atoms with E-state index in [0.717, 1.165) is 18.4 Å². The first-order valence-corrected chi connectivity index (χ1v) is 5.05. The molecule has 3 nitrogen and oxygen atoms in total. The van der Waals surface area contributed by atoms with Crippen molar-refractivity contribution in [2.75, 3.05) is 7.11 Å². The Morgan fingerprint density at radius 3 is 2.80 bits per heavy atom. The standard InChI is InChI=1S/C12H16O3/c1-3-5-11(12(14)15-2)9-6-4-7-10(13)8-9/h4,6-8,11,13H,3,5H2,1-2H3. The van der Waals surface area contributed by atoms with Crippen LogP contribution in [0.4, 0.5) is 0 Å². The van der Waals surface area contributed by atoms with Crippen LogP contribution in [0.25, 0.3) is 0 Å². The van der Waals surface area contributed by atoms with Gasteiger partial charge in [0.05, 0.1) is 13.0 Å². The summed E-state index contributed by atoms with van der Waals surface area (Å²) < 4.78 is 4.74. The average Bonchev–Trinajstić information content (AvgIpc) is 2.25. The fourth-order valence-corrected chi connectivity index (χ4v) is 1.59. The van der Waals surface area contributed by atoms with Gasteiger partial charge in [-0.3, -0.25) is 4.79 Å². The van der Waals surface area contributed by atoms with E-state index in [9.17, 15) is 9.90 Å². The molecule has 1 aromatic rings. The van der Waals surface area contributed by atoms with Crippen molar-refractivity contribution in [1.29, 1.82) is 0 Å². The fourth-order valence-electron chi connectivity index (χ4n) is 1.59. The molecule has 1 N–H and O–H groups in total. The van der Waals surface area contributed by atoms with E-state index in [2.05, 4.69) is 0 Å². The second kappa shape index (κ2) is 5.39. The lowest BCUT2D eigenvalue weighted by molar-refractivity contribution is -0.142. The zero-order valence-electron chi connectivity index (χ0n) is 9.06. The Morgan fingerprint density at radius 1 is 1.53 bits per heavy atom. The molecule has 1 rings (SSSR count). The van der Waals surface area contributed by atoms with E-state index >= 15 is 0 Å². The van der Waals surface area contributed by atoms with Gasteiger partial charge in [0.2, 0.25) is 0 Å². The van der Waals surface area contributed by atoms with Crippen molar-refractivity contribution in [3.05, 3.63) is 29.8 Å². The molecule has 15 heavy (non-hydrogen) atoms. The van der Waals surface area contributed by atoms with Crippen LogP contribution in [-0.4, -0.2) is 18.2 Å². The first-order valence-electron chi connectivity index (χ1n) is 5.05. The topological polar surface area (TPSA) is 46.5 Å². The van der Waals surface area contributed by atoms with Crippen molar-refractivity contribution < 1.29 is 14.6 Å². The van der Waals surface area contributed by atoms with Crippen LogP contribution >= 0.6 is 0 Å². The number of methoxy groups -OCH3 is 1. The Morgan fingerprint density at radius 2 is 2.27 bits per heavy atom.